The molecule has 1 rings (SSSR count). The summed E-state index contributed by atoms with van der Waals surface area (Å²) in [6.07, 6.45) is 0. The van der Waals surface area contributed by atoms with Crippen LogP contribution in [0.5, 0.6) is 5.36 Å². The minimum absolute atomic E-state index is 0.717. The summed E-state index contributed by atoms with van der Waals surface area (Å²) in [6, 6.07) is 6.00. The van der Waals surface area contributed by atoms with E-state index in [-0.39, 0.29) is 0 Å². The smallest absolute Gasteiger partial charge is 0.307 e. The van der Waals surface area contributed by atoms with Crippen LogP contribution >= 0.6 is 0 Å². The Morgan fingerprint density at radius 3 is 2.75 bits per heavy atom. The summed E-state index contributed by atoms with van der Waals surface area (Å²) in [5.41, 5.74) is 2.10. The third kappa shape index (κ3) is 2.34. The van der Waals surface area contributed by atoms with Crippen molar-refractivity contribution in [2.24, 2.45) is 0 Å². The largest absolute Gasteiger partial charge is 0.546 e. The molecule has 0 atom stereocenters. The lowest BCUT2D eigenvalue weighted by Crippen LogP contribution is -2.15. The number of hydrogen-bond donors (Lipinski definition) is 0. The van der Waals surface area contributed by atoms with Crippen LogP contribution in [0.15, 0.2) is 23.9 Å². The molecule has 0 amide bonds. The molecular weight excluding hydrogens is 168 g/mol. The van der Waals surface area contributed by atoms with Crippen molar-refractivity contribution in [1.29, 1.82) is 0 Å². The van der Waals surface area contributed by atoms with Gasteiger partial charge in [-0.3, -0.25) is 0 Å². The minimum atomic E-state index is -0.973. The lowest BCUT2D eigenvalue weighted by molar-refractivity contribution is 0.335. The van der Waals surface area contributed by atoms with E-state index in [2.05, 4.69) is 5.68 Å². The maximum absolute atomic E-state index is 5.55. The topological polar surface area (TPSA) is 18.5 Å². The molecule has 1 heterocycles. The summed E-state index contributed by atoms with van der Waals surface area (Å²) >= 11 is 0. The van der Waals surface area contributed by atoms with Gasteiger partial charge >= 0.3 is 8.64 Å². The van der Waals surface area contributed by atoms with Crippen molar-refractivity contribution in [1.82, 2.24) is 0 Å². The zero-order valence-electron chi connectivity index (χ0n) is 7.54. The Hall–Kier alpha value is -0.833. The van der Waals surface area contributed by atoms with Gasteiger partial charge in [0.1, 0.15) is 5.36 Å². The number of hydrogen-bond acceptors (Lipinski definition) is 2. The van der Waals surface area contributed by atoms with Crippen LogP contribution in [0, 0.1) is 0 Å². The van der Waals surface area contributed by atoms with Crippen LogP contribution in [0.2, 0.25) is 0 Å². The van der Waals surface area contributed by atoms with Crippen molar-refractivity contribution in [2.75, 3.05) is 13.2 Å². The van der Waals surface area contributed by atoms with Crippen LogP contribution in [0.25, 0.3) is 0 Å². The van der Waals surface area contributed by atoms with Crippen molar-refractivity contribution < 1.29 is 9.16 Å². The first-order valence-corrected chi connectivity index (χ1v) is 5.71. The molecule has 12 heavy (non-hydrogen) atoms. The van der Waals surface area contributed by atoms with E-state index in [4.69, 9.17) is 9.16 Å². The third-order valence-electron chi connectivity index (χ3n) is 1.45. The van der Waals surface area contributed by atoms with Crippen LogP contribution in [-0.4, -0.2) is 21.9 Å². The van der Waals surface area contributed by atoms with Crippen molar-refractivity contribution in [3.05, 3.63) is 23.9 Å². The monoisotopic (exact) mass is 182 g/mol. The molecule has 0 saturated carbocycles. The highest BCUT2D eigenvalue weighted by molar-refractivity contribution is 6.49. The zero-order chi connectivity index (χ0) is 8.81. The second kappa shape index (κ2) is 4.93. The van der Waals surface area contributed by atoms with E-state index >= 15 is 0 Å². The fourth-order valence-corrected chi connectivity index (χ4v) is 2.55. The van der Waals surface area contributed by atoms with Crippen molar-refractivity contribution in [3.8, 4) is 5.36 Å². The lowest BCUT2D eigenvalue weighted by Gasteiger charge is -2.08. The molecule has 0 unspecified atom stereocenters. The Kier molecular flexibility index (Phi) is 3.80. The first kappa shape index (κ1) is 9.26. The van der Waals surface area contributed by atoms with Crippen LogP contribution in [0.1, 0.15) is 13.8 Å². The van der Waals surface area contributed by atoms with Crippen molar-refractivity contribution in [3.63, 3.8) is 0 Å². The summed E-state index contributed by atoms with van der Waals surface area (Å²) in [5, 5.41) is 1.01. The lowest BCUT2D eigenvalue weighted by atomic mass is 10.6. The van der Waals surface area contributed by atoms with Crippen molar-refractivity contribution >= 4 is 8.64 Å². The molecule has 0 aromatic carbocycles. The third-order valence-corrected chi connectivity index (χ3v) is 3.34. The normalized spacial score (nSPS) is 9.50. The van der Waals surface area contributed by atoms with E-state index in [1.54, 1.807) is 0 Å². The van der Waals surface area contributed by atoms with Gasteiger partial charge in [-0.1, -0.05) is 12.1 Å². The van der Waals surface area contributed by atoms with Gasteiger partial charge in [0, 0.05) is 0 Å². The maximum atomic E-state index is 5.55. The van der Waals surface area contributed by atoms with Gasteiger partial charge in [-0.05, 0) is 25.6 Å². The fourth-order valence-electron chi connectivity index (χ4n) is 1.000. The van der Waals surface area contributed by atoms with Crippen molar-refractivity contribution in [2.45, 2.75) is 13.8 Å². The molecule has 66 valence electrons. The van der Waals surface area contributed by atoms with Gasteiger partial charge in [0.2, 0.25) is 0 Å². The van der Waals surface area contributed by atoms with Gasteiger partial charge < -0.3 is 9.16 Å². The zero-order valence-corrected chi connectivity index (χ0v) is 8.54. The standard InChI is InChI=1S/C9H14O2Si/c1-3-10-9-7-5-6-8-12(9)11-4-2/h5-8H,3-4H2,1-2H3. The quantitative estimate of drug-likeness (QED) is 0.658. The Morgan fingerprint density at radius 2 is 2.08 bits per heavy atom. The molecule has 0 bridgehead atoms. The highest BCUT2D eigenvalue weighted by atomic mass is 28.3. The summed E-state index contributed by atoms with van der Waals surface area (Å²) in [6.45, 7) is 5.47. The Balaban J connectivity index is 2.77. The van der Waals surface area contributed by atoms with Crippen LogP contribution in [0.3, 0.4) is 0 Å². The summed E-state index contributed by atoms with van der Waals surface area (Å²) in [4.78, 5) is 0. The molecule has 1 aromatic heterocycles. The molecular formula is C9H14O2Si. The molecule has 0 aliphatic rings. The van der Waals surface area contributed by atoms with E-state index in [9.17, 15) is 0 Å². The second-order valence-corrected chi connectivity index (χ2v) is 4.16. The number of rotatable bonds is 4. The van der Waals surface area contributed by atoms with Gasteiger partial charge in [-0.2, -0.15) is 0 Å². The Morgan fingerprint density at radius 1 is 1.25 bits per heavy atom. The molecule has 1 aromatic rings. The van der Waals surface area contributed by atoms with Gasteiger partial charge in [-0.25, -0.2) is 0 Å². The predicted molar refractivity (Wildman–Crippen MR) is 50.7 cm³/mol. The van der Waals surface area contributed by atoms with E-state index in [0.717, 1.165) is 18.6 Å². The molecule has 0 saturated heterocycles. The highest BCUT2D eigenvalue weighted by Crippen LogP contribution is 2.06. The predicted octanol–water partition coefficient (Wildman–Crippen LogP) is 1.56. The molecule has 0 N–H and O–H groups in total. The molecule has 0 aliphatic carbocycles. The van der Waals surface area contributed by atoms with Gasteiger partial charge in [0.15, 0.2) is 0 Å². The molecule has 0 spiro atoms. The first-order chi connectivity index (χ1) is 5.88. The maximum Gasteiger partial charge on any atom is 0.307 e. The molecule has 3 heteroatoms. The Labute approximate surface area is 74.8 Å². The molecule has 2 nitrogen and oxygen atoms in total. The van der Waals surface area contributed by atoms with Gasteiger partial charge in [0.05, 0.1) is 13.2 Å². The van der Waals surface area contributed by atoms with E-state index in [1.165, 1.54) is 0 Å². The van der Waals surface area contributed by atoms with E-state index in [0.29, 0.717) is 0 Å². The molecule has 0 aliphatic heterocycles. The van der Waals surface area contributed by atoms with Gasteiger partial charge in [0.25, 0.3) is 0 Å². The summed E-state index contributed by atoms with van der Waals surface area (Å²) in [5.74, 6) is 0. The average molecular weight is 182 g/mol. The summed E-state index contributed by atoms with van der Waals surface area (Å²) in [7, 11) is -0.973. The number of ether oxygens (including phenoxy) is 1. The fraction of sp³-hybridized carbons (Fsp3) is 0.444. The van der Waals surface area contributed by atoms with Gasteiger partial charge in [-0.15, -0.1) is 0 Å². The SMILES string of the molecule is CCOc1cccc[si]1OCC. The van der Waals surface area contributed by atoms with Crippen LogP contribution in [-0.2, 0) is 0 Å². The molecule has 0 radical (unpaired) electrons. The van der Waals surface area contributed by atoms with E-state index < -0.39 is 8.64 Å². The Bertz CT molecular complexity index is 213. The van der Waals surface area contributed by atoms with E-state index in [1.807, 2.05) is 32.0 Å². The summed E-state index contributed by atoms with van der Waals surface area (Å²) < 4.78 is 11.0. The van der Waals surface area contributed by atoms with Crippen LogP contribution in [0.4, 0.5) is 0 Å². The first-order valence-electron chi connectivity index (χ1n) is 4.23. The average Bonchev–Trinajstić information content (AvgIpc) is 2.09. The van der Waals surface area contributed by atoms with Crippen LogP contribution < -0.4 is 9.16 Å². The second-order valence-electron chi connectivity index (χ2n) is 2.31. The molecule has 0 fully saturated rings. The minimum Gasteiger partial charge on any atom is -0.546 e. The highest BCUT2D eigenvalue weighted by Gasteiger charge is 2.03.